The van der Waals surface area contributed by atoms with Crippen molar-refractivity contribution in [2.45, 2.75) is 12.8 Å². The van der Waals surface area contributed by atoms with Gasteiger partial charge in [0.05, 0.1) is 23.3 Å². The lowest BCUT2D eigenvalue weighted by Crippen LogP contribution is -2.26. The van der Waals surface area contributed by atoms with E-state index in [1.807, 2.05) is 30.3 Å². The molecular formula is C26H28N8O2. The summed E-state index contributed by atoms with van der Waals surface area (Å²) in [5.41, 5.74) is 4.02. The van der Waals surface area contributed by atoms with E-state index >= 15 is 0 Å². The molecule has 0 saturated carbocycles. The zero-order valence-electron chi connectivity index (χ0n) is 20.4. The van der Waals surface area contributed by atoms with E-state index in [0.717, 1.165) is 27.7 Å². The fourth-order valence-electron chi connectivity index (χ4n) is 3.82. The summed E-state index contributed by atoms with van der Waals surface area (Å²) in [7, 11) is 3.21. The molecule has 1 atom stereocenters. The van der Waals surface area contributed by atoms with E-state index in [-0.39, 0.29) is 24.3 Å². The second-order valence-corrected chi connectivity index (χ2v) is 8.21. The number of carbonyl (C=O) groups excluding carboxylic acids is 2. The number of likely N-dealkylation sites (N-methyl/N-ethyl adjacent to an activating group) is 1. The van der Waals surface area contributed by atoms with Crippen molar-refractivity contribution in [1.82, 2.24) is 30.6 Å². The number of fused-ring (bicyclic) bond motifs is 1. The van der Waals surface area contributed by atoms with Crippen LogP contribution in [-0.4, -0.2) is 58.9 Å². The molecule has 184 valence electrons. The number of nitrogens with zero attached hydrogens (tertiary/aromatic N) is 4. The Kier molecular flexibility index (Phi) is 7.64. The summed E-state index contributed by atoms with van der Waals surface area (Å²) in [6.45, 7) is 2.87. The lowest BCUT2D eigenvalue weighted by molar-refractivity contribution is -0.118. The third kappa shape index (κ3) is 5.54. The molecule has 0 bridgehead atoms. The monoisotopic (exact) mass is 484 g/mol. The smallest absolute Gasteiger partial charge is 0.251 e. The molecular weight excluding hydrogens is 456 g/mol. The molecule has 36 heavy (non-hydrogen) atoms. The number of hydrogen-bond acceptors (Lipinski definition) is 8. The van der Waals surface area contributed by atoms with Crippen LogP contribution in [0.25, 0.3) is 22.2 Å². The Labute approximate surface area is 209 Å². The number of pyridine rings is 2. The molecule has 3 aromatic heterocycles. The SMILES string of the molecule is CNC(=O)CNc1ccc(-c2cc(NC[C@@H](C)c3cccc4c(C(=O)NC)ccnc34)ncn2)cn1. The lowest BCUT2D eigenvalue weighted by Gasteiger charge is -2.16. The van der Waals surface area contributed by atoms with Gasteiger partial charge >= 0.3 is 0 Å². The van der Waals surface area contributed by atoms with Gasteiger partial charge in [-0.25, -0.2) is 15.0 Å². The van der Waals surface area contributed by atoms with Crippen LogP contribution in [0.5, 0.6) is 0 Å². The molecule has 4 aromatic rings. The predicted molar refractivity (Wildman–Crippen MR) is 140 cm³/mol. The molecule has 2 amide bonds. The van der Waals surface area contributed by atoms with Gasteiger partial charge in [0, 0.05) is 56.0 Å². The largest absolute Gasteiger partial charge is 0.369 e. The minimum absolute atomic E-state index is 0.104. The first-order valence-electron chi connectivity index (χ1n) is 11.6. The third-order valence-electron chi connectivity index (χ3n) is 5.83. The number of amides is 2. The molecule has 10 nitrogen and oxygen atoms in total. The molecule has 4 N–H and O–H groups in total. The zero-order chi connectivity index (χ0) is 25.5. The minimum atomic E-state index is -0.136. The second-order valence-electron chi connectivity index (χ2n) is 8.21. The number of benzene rings is 1. The fourth-order valence-corrected chi connectivity index (χ4v) is 3.82. The number of nitrogens with one attached hydrogen (secondary N) is 4. The first kappa shape index (κ1) is 24.5. The van der Waals surface area contributed by atoms with Crippen molar-refractivity contribution in [2.24, 2.45) is 0 Å². The van der Waals surface area contributed by atoms with E-state index in [9.17, 15) is 9.59 Å². The average Bonchev–Trinajstić information content (AvgIpc) is 2.93. The number of aromatic nitrogens is 4. The summed E-state index contributed by atoms with van der Waals surface area (Å²) in [5, 5.41) is 12.4. The molecule has 0 aliphatic rings. The second kappa shape index (κ2) is 11.2. The summed E-state index contributed by atoms with van der Waals surface area (Å²) in [6, 6.07) is 13.2. The predicted octanol–water partition coefficient (Wildman–Crippen LogP) is 2.82. The number of hydrogen-bond donors (Lipinski definition) is 4. The van der Waals surface area contributed by atoms with Gasteiger partial charge in [0.15, 0.2) is 0 Å². The van der Waals surface area contributed by atoms with Crippen molar-refractivity contribution in [3.8, 4) is 11.3 Å². The van der Waals surface area contributed by atoms with Gasteiger partial charge in [-0.15, -0.1) is 0 Å². The van der Waals surface area contributed by atoms with Crippen molar-refractivity contribution in [2.75, 3.05) is 37.8 Å². The standard InChI is InChI=1S/C26H28N8O2/c1-16(18-5-4-6-19-20(26(36)28-3)9-10-29-25(18)19)12-30-23-11-21(33-15-34-23)17-7-8-22(31-13-17)32-14-24(35)27-2/h4-11,13,15-16H,12,14H2,1-3H3,(H,27,35)(H,28,36)(H,31,32)(H,30,33,34)/t16-/m1/s1. The molecule has 0 fully saturated rings. The van der Waals surface area contributed by atoms with E-state index < -0.39 is 0 Å². The number of rotatable bonds is 9. The molecule has 4 rings (SSSR count). The maximum Gasteiger partial charge on any atom is 0.251 e. The fraction of sp³-hybridized carbons (Fsp3) is 0.231. The van der Waals surface area contributed by atoms with Crippen LogP contribution in [0, 0.1) is 0 Å². The maximum absolute atomic E-state index is 12.3. The van der Waals surface area contributed by atoms with E-state index in [0.29, 0.717) is 23.7 Å². The summed E-state index contributed by atoms with van der Waals surface area (Å²) < 4.78 is 0. The first-order valence-corrected chi connectivity index (χ1v) is 11.6. The Morgan fingerprint density at radius 2 is 1.78 bits per heavy atom. The maximum atomic E-state index is 12.3. The van der Waals surface area contributed by atoms with Crippen molar-refractivity contribution < 1.29 is 9.59 Å². The van der Waals surface area contributed by atoms with E-state index in [2.05, 4.69) is 48.1 Å². The normalized spacial score (nSPS) is 11.5. The van der Waals surface area contributed by atoms with Gasteiger partial charge in [-0.05, 0) is 23.8 Å². The Hall–Kier alpha value is -4.60. The Balaban J connectivity index is 1.46. The van der Waals surface area contributed by atoms with E-state index in [1.165, 1.54) is 6.33 Å². The third-order valence-corrected chi connectivity index (χ3v) is 5.83. The molecule has 10 heteroatoms. The van der Waals surface area contributed by atoms with E-state index in [1.54, 1.807) is 38.6 Å². The van der Waals surface area contributed by atoms with Crippen molar-refractivity contribution in [3.05, 3.63) is 72.3 Å². The first-order chi connectivity index (χ1) is 17.5. The highest BCUT2D eigenvalue weighted by Gasteiger charge is 2.15. The Morgan fingerprint density at radius 1 is 0.917 bits per heavy atom. The van der Waals surface area contributed by atoms with Crippen LogP contribution >= 0.6 is 0 Å². The van der Waals surface area contributed by atoms with Crippen LogP contribution in [0.1, 0.15) is 28.8 Å². The Bertz CT molecular complexity index is 1370. The molecule has 0 aliphatic heterocycles. The summed E-state index contributed by atoms with van der Waals surface area (Å²) >= 11 is 0. The minimum Gasteiger partial charge on any atom is -0.369 e. The van der Waals surface area contributed by atoms with Gasteiger partial charge in [-0.3, -0.25) is 14.6 Å². The highest BCUT2D eigenvalue weighted by atomic mass is 16.2. The van der Waals surface area contributed by atoms with Crippen molar-refractivity contribution >= 4 is 34.4 Å². The van der Waals surface area contributed by atoms with Crippen LogP contribution in [0.15, 0.2) is 61.2 Å². The van der Waals surface area contributed by atoms with Gasteiger partial charge in [-0.1, -0.05) is 25.1 Å². The van der Waals surface area contributed by atoms with Crippen LogP contribution in [0.2, 0.25) is 0 Å². The Morgan fingerprint density at radius 3 is 2.53 bits per heavy atom. The highest BCUT2D eigenvalue weighted by molar-refractivity contribution is 6.06. The molecule has 0 unspecified atom stereocenters. The van der Waals surface area contributed by atoms with E-state index in [4.69, 9.17) is 0 Å². The van der Waals surface area contributed by atoms with Gasteiger partial charge in [0.25, 0.3) is 5.91 Å². The molecule has 3 heterocycles. The topological polar surface area (TPSA) is 134 Å². The zero-order valence-corrected chi connectivity index (χ0v) is 20.4. The molecule has 0 radical (unpaired) electrons. The number of carbonyl (C=O) groups is 2. The molecule has 1 aromatic carbocycles. The number of anilines is 2. The van der Waals surface area contributed by atoms with Gasteiger partial charge < -0.3 is 21.3 Å². The summed E-state index contributed by atoms with van der Waals surface area (Å²) in [4.78, 5) is 41.3. The summed E-state index contributed by atoms with van der Waals surface area (Å²) in [6.07, 6.45) is 4.88. The number of para-hydroxylation sites is 1. The highest BCUT2D eigenvalue weighted by Crippen LogP contribution is 2.27. The molecule has 0 aliphatic carbocycles. The van der Waals surface area contributed by atoms with Crippen LogP contribution in [0.3, 0.4) is 0 Å². The van der Waals surface area contributed by atoms with Gasteiger partial charge in [0.2, 0.25) is 5.91 Å². The molecule has 0 spiro atoms. The summed E-state index contributed by atoms with van der Waals surface area (Å²) in [5.74, 6) is 1.14. The van der Waals surface area contributed by atoms with Crippen LogP contribution in [0.4, 0.5) is 11.6 Å². The van der Waals surface area contributed by atoms with Crippen LogP contribution < -0.4 is 21.3 Å². The van der Waals surface area contributed by atoms with Crippen molar-refractivity contribution in [1.29, 1.82) is 0 Å². The molecule has 0 saturated heterocycles. The van der Waals surface area contributed by atoms with Crippen LogP contribution in [-0.2, 0) is 4.79 Å². The quantitative estimate of drug-likeness (QED) is 0.285. The average molecular weight is 485 g/mol. The van der Waals surface area contributed by atoms with Gasteiger partial charge in [0.1, 0.15) is 18.0 Å². The van der Waals surface area contributed by atoms with Crippen molar-refractivity contribution in [3.63, 3.8) is 0 Å². The van der Waals surface area contributed by atoms with Gasteiger partial charge in [-0.2, -0.15) is 0 Å². The lowest BCUT2D eigenvalue weighted by atomic mass is 9.96.